The molecule has 0 saturated carbocycles. The molecule has 2 aromatic carbocycles. The average molecular weight is 276 g/mol. The van der Waals surface area contributed by atoms with E-state index in [1.807, 2.05) is 12.3 Å². The average Bonchev–Trinajstić information content (AvgIpc) is 2.98. The van der Waals surface area contributed by atoms with E-state index in [4.69, 9.17) is 0 Å². The summed E-state index contributed by atoms with van der Waals surface area (Å²) in [4.78, 5) is 5.65. The summed E-state index contributed by atoms with van der Waals surface area (Å²) in [6, 6.07) is 19.0. The largest absolute Gasteiger partial charge is 0.361 e. The van der Waals surface area contributed by atoms with Gasteiger partial charge < -0.3 is 4.98 Å². The Hall–Kier alpha value is -2.32. The first kappa shape index (κ1) is 13.7. The Kier molecular flexibility index (Phi) is 4.17. The topological polar surface area (TPSA) is 19.0 Å². The van der Waals surface area contributed by atoms with Crippen LogP contribution in [0, 0.1) is 0 Å². The number of nitrogens with one attached hydrogen (secondary N) is 1. The minimum Gasteiger partial charge on any atom is -0.361 e. The van der Waals surface area contributed by atoms with E-state index in [2.05, 4.69) is 77.6 Å². The summed E-state index contributed by atoms with van der Waals surface area (Å²) in [6.45, 7) is 1.88. The van der Waals surface area contributed by atoms with Gasteiger partial charge in [-0.15, -0.1) is 0 Å². The van der Waals surface area contributed by atoms with Crippen molar-refractivity contribution in [2.45, 2.75) is 6.54 Å². The second kappa shape index (κ2) is 6.42. The van der Waals surface area contributed by atoms with Crippen LogP contribution in [-0.4, -0.2) is 23.5 Å². The van der Waals surface area contributed by atoms with Crippen molar-refractivity contribution in [2.75, 3.05) is 13.6 Å². The van der Waals surface area contributed by atoms with Gasteiger partial charge in [0.15, 0.2) is 0 Å². The SMILES string of the molecule is CN(C/C=C/c1ccccc1)Cc1cccc2cc[nH]c12. The molecule has 0 fully saturated rings. The molecule has 0 amide bonds. The normalized spacial score (nSPS) is 11.7. The highest BCUT2D eigenvalue weighted by Gasteiger charge is 2.04. The summed E-state index contributed by atoms with van der Waals surface area (Å²) in [5, 5.41) is 1.28. The number of para-hydroxylation sites is 1. The Bertz CT molecular complexity index is 725. The fourth-order valence-electron chi connectivity index (χ4n) is 2.57. The van der Waals surface area contributed by atoms with Gasteiger partial charge in [-0.25, -0.2) is 0 Å². The van der Waals surface area contributed by atoms with Crippen LogP contribution in [0.15, 0.2) is 66.9 Å². The molecule has 0 aliphatic rings. The van der Waals surface area contributed by atoms with Crippen LogP contribution in [0.4, 0.5) is 0 Å². The van der Waals surface area contributed by atoms with Crippen molar-refractivity contribution in [1.82, 2.24) is 9.88 Å². The molecular formula is C19H20N2. The first-order chi connectivity index (χ1) is 10.3. The number of fused-ring (bicyclic) bond motifs is 1. The molecule has 0 spiro atoms. The summed E-state index contributed by atoms with van der Waals surface area (Å²) in [5.41, 5.74) is 3.84. The Labute approximate surface area is 125 Å². The predicted octanol–water partition coefficient (Wildman–Crippen LogP) is 4.31. The lowest BCUT2D eigenvalue weighted by molar-refractivity contribution is 0.365. The maximum Gasteiger partial charge on any atom is 0.0499 e. The smallest absolute Gasteiger partial charge is 0.0499 e. The molecule has 3 rings (SSSR count). The number of hydrogen-bond donors (Lipinski definition) is 1. The molecule has 0 unspecified atom stereocenters. The third kappa shape index (κ3) is 3.41. The van der Waals surface area contributed by atoms with Crippen molar-refractivity contribution >= 4 is 17.0 Å². The maximum atomic E-state index is 3.33. The molecule has 1 aromatic heterocycles. The fraction of sp³-hybridized carbons (Fsp3) is 0.158. The van der Waals surface area contributed by atoms with Gasteiger partial charge >= 0.3 is 0 Å². The number of likely N-dealkylation sites (N-methyl/N-ethyl adjacent to an activating group) is 1. The van der Waals surface area contributed by atoms with Crippen LogP contribution < -0.4 is 0 Å². The Balaban J connectivity index is 1.63. The number of nitrogens with zero attached hydrogens (tertiary/aromatic N) is 1. The number of rotatable bonds is 5. The molecule has 2 nitrogen and oxygen atoms in total. The number of benzene rings is 2. The number of hydrogen-bond acceptors (Lipinski definition) is 1. The highest BCUT2D eigenvalue weighted by Crippen LogP contribution is 2.18. The van der Waals surface area contributed by atoms with Crippen molar-refractivity contribution < 1.29 is 0 Å². The van der Waals surface area contributed by atoms with E-state index in [9.17, 15) is 0 Å². The van der Waals surface area contributed by atoms with Crippen LogP contribution in [0.3, 0.4) is 0 Å². The zero-order valence-electron chi connectivity index (χ0n) is 12.3. The van der Waals surface area contributed by atoms with Crippen molar-refractivity contribution in [2.24, 2.45) is 0 Å². The van der Waals surface area contributed by atoms with Gasteiger partial charge in [0.2, 0.25) is 0 Å². The van der Waals surface area contributed by atoms with Crippen LogP contribution in [0.1, 0.15) is 11.1 Å². The standard InChI is InChI=1S/C19H20N2/c1-21(14-6-9-16-7-3-2-4-8-16)15-18-11-5-10-17-12-13-20-19(17)18/h2-13,20H,14-15H2,1H3/b9-6+. The Morgan fingerprint density at radius 1 is 1.00 bits per heavy atom. The van der Waals surface area contributed by atoms with Crippen molar-refractivity contribution in [1.29, 1.82) is 0 Å². The minimum atomic E-state index is 0.936. The summed E-state index contributed by atoms with van der Waals surface area (Å²) in [7, 11) is 2.15. The number of H-pyrrole nitrogens is 1. The third-order valence-electron chi connectivity index (χ3n) is 3.64. The molecule has 21 heavy (non-hydrogen) atoms. The van der Waals surface area contributed by atoms with Crippen LogP contribution in [0.2, 0.25) is 0 Å². The van der Waals surface area contributed by atoms with Gasteiger partial charge in [-0.3, -0.25) is 4.90 Å². The molecule has 0 bridgehead atoms. The zero-order valence-corrected chi connectivity index (χ0v) is 12.3. The van der Waals surface area contributed by atoms with Gasteiger partial charge in [0, 0.05) is 24.8 Å². The Morgan fingerprint density at radius 3 is 2.71 bits per heavy atom. The zero-order chi connectivity index (χ0) is 14.5. The van der Waals surface area contributed by atoms with E-state index >= 15 is 0 Å². The molecule has 1 N–H and O–H groups in total. The second-order valence-corrected chi connectivity index (χ2v) is 5.37. The van der Waals surface area contributed by atoms with Gasteiger partial charge in [0.25, 0.3) is 0 Å². The molecule has 1 heterocycles. The summed E-state index contributed by atoms with van der Waals surface area (Å²) in [5.74, 6) is 0. The van der Waals surface area contributed by atoms with Crippen molar-refractivity contribution in [3.05, 3.63) is 78.0 Å². The monoisotopic (exact) mass is 276 g/mol. The molecule has 0 saturated heterocycles. The van der Waals surface area contributed by atoms with E-state index < -0.39 is 0 Å². The van der Waals surface area contributed by atoms with Crippen molar-refractivity contribution in [3.63, 3.8) is 0 Å². The molecule has 2 heteroatoms. The number of aromatic amines is 1. The number of aromatic nitrogens is 1. The molecule has 0 radical (unpaired) electrons. The fourth-order valence-corrected chi connectivity index (χ4v) is 2.57. The summed E-state index contributed by atoms with van der Waals surface area (Å²) >= 11 is 0. The maximum absolute atomic E-state index is 3.33. The van der Waals surface area contributed by atoms with Crippen molar-refractivity contribution in [3.8, 4) is 0 Å². The molecule has 0 aliphatic carbocycles. The quantitative estimate of drug-likeness (QED) is 0.735. The lowest BCUT2D eigenvalue weighted by Gasteiger charge is -2.15. The molecular weight excluding hydrogens is 256 g/mol. The molecule has 106 valence electrons. The lowest BCUT2D eigenvalue weighted by atomic mass is 10.1. The van der Waals surface area contributed by atoms with Crippen LogP contribution in [0.5, 0.6) is 0 Å². The van der Waals surface area contributed by atoms with Gasteiger partial charge in [0.05, 0.1) is 0 Å². The molecule has 3 aromatic rings. The van der Waals surface area contributed by atoms with Gasteiger partial charge in [-0.2, -0.15) is 0 Å². The van der Waals surface area contributed by atoms with Gasteiger partial charge in [-0.1, -0.05) is 60.7 Å². The molecule has 0 aliphatic heterocycles. The Morgan fingerprint density at radius 2 is 1.86 bits per heavy atom. The third-order valence-corrected chi connectivity index (χ3v) is 3.64. The highest BCUT2D eigenvalue weighted by atomic mass is 15.1. The van der Waals surface area contributed by atoms with Gasteiger partial charge in [-0.05, 0) is 29.6 Å². The molecule has 0 atom stereocenters. The van der Waals surface area contributed by atoms with E-state index in [0.29, 0.717) is 0 Å². The van der Waals surface area contributed by atoms with Crippen LogP contribution in [-0.2, 0) is 6.54 Å². The van der Waals surface area contributed by atoms with E-state index in [1.165, 1.54) is 22.0 Å². The lowest BCUT2D eigenvalue weighted by Crippen LogP contribution is -2.17. The first-order valence-electron chi connectivity index (χ1n) is 7.28. The van der Waals surface area contributed by atoms with E-state index in [1.54, 1.807) is 0 Å². The van der Waals surface area contributed by atoms with Crippen LogP contribution in [0.25, 0.3) is 17.0 Å². The van der Waals surface area contributed by atoms with Crippen LogP contribution >= 0.6 is 0 Å². The summed E-state index contributed by atoms with van der Waals surface area (Å²) < 4.78 is 0. The second-order valence-electron chi connectivity index (χ2n) is 5.37. The first-order valence-corrected chi connectivity index (χ1v) is 7.28. The van der Waals surface area contributed by atoms with Gasteiger partial charge in [0.1, 0.15) is 0 Å². The predicted molar refractivity (Wildman–Crippen MR) is 90.1 cm³/mol. The minimum absolute atomic E-state index is 0.936. The van der Waals surface area contributed by atoms with E-state index in [0.717, 1.165) is 13.1 Å². The summed E-state index contributed by atoms with van der Waals surface area (Å²) in [6.07, 6.45) is 6.39. The highest BCUT2D eigenvalue weighted by molar-refractivity contribution is 5.82. The van der Waals surface area contributed by atoms with E-state index in [-0.39, 0.29) is 0 Å².